The molecule has 1 aliphatic heterocycles. The van der Waals surface area contributed by atoms with E-state index in [0.717, 1.165) is 19.3 Å². The summed E-state index contributed by atoms with van der Waals surface area (Å²) in [5.41, 5.74) is 0. The largest absolute Gasteiger partial charge is 0.480 e. The molecule has 4 unspecified atom stereocenters. The Labute approximate surface area is 120 Å². The zero-order chi connectivity index (χ0) is 14.7. The van der Waals surface area contributed by atoms with E-state index in [1.807, 2.05) is 13.8 Å². The quantitative estimate of drug-likeness (QED) is 0.804. The second kappa shape index (κ2) is 6.57. The molecule has 0 aromatic rings. The Kier molecular flexibility index (Phi) is 5.02. The molecule has 1 saturated heterocycles. The first kappa shape index (κ1) is 15.3. The van der Waals surface area contributed by atoms with E-state index in [2.05, 4.69) is 5.32 Å². The van der Waals surface area contributed by atoms with Crippen LogP contribution in [-0.2, 0) is 9.59 Å². The predicted octanol–water partition coefficient (Wildman–Crippen LogP) is 1.62. The number of carbonyl (C=O) groups excluding carboxylic acids is 1. The third kappa shape index (κ3) is 3.32. The van der Waals surface area contributed by atoms with Crippen LogP contribution in [0.2, 0.25) is 0 Å². The van der Waals surface area contributed by atoms with Gasteiger partial charge in [0.2, 0.25) is 5.91 Å². The lowest BCUT2D eigenvalue weighted by Gasteiger charge is -2.29. The van der Waals surface area contributed by atoms with E-state index in [-0.39, 0.29) is 24.5 Å². The SMILES string of the molecule is CCC(C)N(CC(=O)O)C(=O)C1CC2CCCCC2N1. The highest BCUT2D eigenvalue weighted by atomic mass is 16.4. The number of nitrogens with zero attached hydrogens (tertiary/aromatic N) is 1. The minimum absolute atomic E-state index is 0.0250. The third-order valence-electron chi connectivity index (χ3n) is 4.87. The molecule has 0 radical (unpaired) electrons. The van der Waals surface area contributed by atoms with Crippen molar-refractivity contribution in [1.29, 1.82) is 0 Å². The molecule has 2 rings (SSSR count). The molecule has 1 aliphatic carbocycles. The molecule has 0 spiro atoms. The van der Waals surface area contributed by atoms with Gasteiger partial charge in [-0.2, -0.15) is 0 Å². The Morgan fingerprint density at radius 1 is 1.35 bits per heavy atom. The molecule has 1 amide bonds. The van der Waals surface area contributed by atoms with Crippen molar-refractivity contribution in [3.05, 3.63) is 0 Å². The van der Waals surface area contributed by atoms with Crippen LogP contribution in [-0.4, -0.2) is 46.6 Å². The maximum absolute atomic E-state index is 12.6. The lowest BCUT2D eigenvalue weighted by molar-refractivity contribution is -0.147. The topological polar surface area (TPSA) is 69.6 Å². The number of hydrogen-bond donors (Lipinski definition) is 2. The Balaban J connectivity index is 2.02. The van der Waals surface area contributed by atoms with Gasteiger partial charge in [-0.15, -0.1) is 0 Å². The Bertz CT molecular complexity index is 358. The van der Waals surface area contributed by atoms with Crippen molar-refractivity contribution in [2.24, 2.45) is 5.92 Å². The average molecular weight is 282 g/mol. The minimum atomic E-state index is -0.936. The molecule has 4 atom stereocenters. The highest BCUT2D eigenvalue weighted by molar-refractivity contribution is 5.86. The number of nitrogens with one attached hydrogen (secondary N) is 1. The lowest BCUT2D eigenvalue weighted by atomic mass is 9.85. The first-order chi connectivity index (χ1) is 9.52. The molecule has 2 aliphatic rings. The molecule has 2 fully saturated rings. The van der Waals surface area contributed by atoms with Gasteiger partial charge in [0.1, 0.15) is 6.54 Å². The van der Waals surface area contributed by atoms with Crippen LogP contribution in [0.4, 0.5) is 0 Å². The minimum Gasteiger partial charge on any atom is -0.480 e. The zero-order valence-electron chi connectivity index (χ0n) is 12.5. The first-order valence-electron chi connectivity index (χ1n) is 7.81. The fourth-order valence-electron chi connectivity index (χ4n) is 3.53. The van der Waals surface area contributed by atoms with E-state index >= 15 is 0 Å². The van der Waals surface area contributed by atoms with Crippen LogP contribution in [0.1, 0.15) is 52.4 Å². The van der Waals surface area contributed by atoms with Crippen molar-refractivity contribution in [3.63, 3.8) is 0 Å². The number of rotatable bonds is 5. The summed E-state index contributed by atoms with van der Waals surface area (Å²) in [6.45, 7) is 3.71. The number of carboxylic acids is 1. The highest BCUT2D eigenvalue weighted by Gasteiger charge is 2.40. The Morgan fingerprint density at radius 3 is 2.65 bits per heavy atom. The highest BCUT2D eigenvalue weighted by Crippen LogP contribution is 2.33. The van der Waals surface area contributed by atoms with Crippen molar-refractivity contribution < 1.29 is 14.7 Å². The number of carbonyl (C=O) groups is 2. The van der Waals surface area contributed by atoms with Gasteiger partial charge in [-0.1, -0.05) is 19.8 Å². The van der Waals surface area contributed by atoms with Gasteiger partial charge in [-0.25, -0.2) is 0 Å². The fraction of sp³-hybridized carbons (Fsp3) is 0.867. The van der Waals surface area contributed by atoms with Crippen LogP contribution in [0, 0.1) is 5.92 Å². The van der Waals surface area contributed by atoms with Gasteiger partial charge in [0, 0.05) is 12.1 Å². The Hall–Kier alpha value is -1.10. The van der Waals surface area contributed by atoms with Crippen molar-refractivity contribution in [3.8, 4) is 0 Å². The van der Waals surface area contributed by atoms with Gasteiger partial charge in [0.15, 0.2) is 0 Å². The summed E-state index contributed by atoms with van der Waals surface area (Å²) >= 11 is 0. The van der Waals surface area contributed by atoms with Crippen LogP contribution in [0.25, 0.3) is 0 Å². The second-order valence-corrected chi connectivity index (χ2v) is 6.22. The molecular weight excluding hydrogens is 256 g/mol. The van der Waals surface area contributed by atoms with Crippen molar-refractivity contribution in [2.45, 2.75) is 70.5 Å². The summed E-state index contributed by atoms with van der Waals surface area (Å²) in [7, 11) is 0. The van der Waals surface area contributed by atoms with Crippen LogP contribution in [0.5, 0.6) is 0 Å². The number of carboxylic acid groups (broad SMARTS) is 1. The van der Waals surface area contributed by atoms with Crippen LogP contribution >= 0.6 is 0 Å². The molecule has 20 heavy (non-hydrogen) atoms. The zero-order valence-corrected chi connectivity index (χ0v) is 12.5. The van der Waals surface area contributed by atoms with Crippen molar-refractivity contribution >= 4 is 11.9 Å². The third-order valence-corrected chi connectivity index (χ3v) is 4.87. The molecule has 0 aromatic carbocycles. The van der Waals surface area contributed by atoms with Crippen molar-refractivity contribution in [2.75, 3.05) is 6.54 Å². The smallest absolute Gasteiger partial charge is 0.323 e. The molecule has 5 heteroatoms. The van der Waals surface area contributed by atoms with Crippen molar-refractivity contribution in [1.82, 2.24) is 10.2 Å². The maximum Gasteiger partial charge on any atom is 0.323 e. The van der Waals surface area contributed by atoms with E-state index in [9.17, 15) is 9.59 Å². The fourth-order valence-corrected chi connectivity index (χ4v) is 3.53. The van der Waals surface area contributed by atoms with Crippen LogP contribution < -0.4 is 5.32 Å². The Morgan fingerprint density at radius 2 is 2.05 bits per heavy atom. The normalized spacial score (nSPS) is 30.6. The van der Waals surface area contributed by atoms with E-state index in [4.69, 9.17) is 5.11 Å². The van der Waals surface area contributed by atoms with E-state index in [1.54, 1.807) is 0 Å². The van der Waals surface area contributed by atoms with E-state index in [1.165, 1.54) is 24.2 Å². The molecule has 5 nitrogen and oxygen atoms in total. The summed E-state index contributed by atoms with van der Waals surface area (Å²) in [5.74, 6) is -0.369. The molecule has 114 valence electrons. The molecule has 1 saturated carbocycles. The monoisotopic (exact) mass is 282 g/mol. The summed E-state index contributed by atoms with van der Waals surface area (Å²) < 4.78 is 0. The average Bonchev–Trinajstić information content (AvgIpc) is 2.86. The molecule has 0 aromatic heterocycles. The van der Waals surface area contributed by atoms with E-state index < -0.39 is 5.97 Å². The number of fused-ring (bicyclic) bond motifs is 1. The van der Waals surface area contributed by atoms with Gasteiger partial charge < -0.3 is 15.3 Å². The predicted molar refractivity (Wildman–Crippen MR) is 76.4 cm³/mol. The molecule has 1 heterocycles. The molecule has 2 N–H and O–H groups in total. The van der Waals surface area contributed by atoms with Gasteiger partial charge in [0.05, 0.1) is 6.04 Å². The van der Waals surface area contributed by atoms with Gasteiger partial charge in [0.25, 0.3) is 0 Å². The summed E-state index contributed by atoms with van der Waals surface area (Å²) in [6.07, 6.45) is 6.49. The summed E-state index contributed by atoms with van der Waals surface area (Å²) in [6, 6.07) is 0.251. The van der Waals surface area contributed by atoms with Gasteiger partial charge >= 0.3 is 5.97 Å². The lowest BCUT2D eigenvalue weighted by Crippen LogP contribution is -2.50. The molecular formula is C15H26N2O3. The standard InChI is InChI=1S/C15H26N2O3/c1-3-10(2)17(9-14(18)19)15(20)13-8-11-6-4-5-7-12(11)16-13/h10-13,16H,3-9H2,1-2H3,(H,18,19). The van der Waals surface area contributed by atoms with E-state index in [0.29, 0.717) is 12.0 Å². The maximum atomic E-state index is 12.6. The number of amides is 1. The van der Waals surface area contributed by atoms with Gasteiger partial charge in [-0.05, 0) is 38.5 Å². The van der Waals surface area contributed by atoms with Crippen LogP contribution in [0.15, 0.2) is 0 Å². The number of hydrogen-bond acceptors (Lipinski definition) is 3. The summed E-state index contributed by atoms with van der Waals surface area (Å²) in [5, 5.41) is 12.5. The second-order valence-electron chi connectivity index (χ2n) is 6.22. The summed E-state index contributed by atoms with van der Waals surface area (Å²) in [4.78, 5) is 25.1. The first-order valence-corrected chi connectivity index (χ1v) is 7.81. The van der Waals surface area contributed by atoms with Crippen LogP contribution in [0.3, 0.4) is 0 Å². The van der Waals surface area contributed by atoms with Gasteiger partial charge in [-0.3, -0.25) is 9.59 Å². The molecule has 0 bridgehead atoms. The number of aliphatic carboxylic acids is 1.